The molecule has 1 rings (SSSR count). The van der Waals surface area contributed by atoms with Crippen LogP contribution in [0.2, 0.25) is 0 Å². The number of aliphatic hydroxyl groups is 1. The maximum Gasteiger partial charge on any atom is 3.00 e. The van der Waals surface area contributed by atoms with Gasteiger partial charge in [-0.25, -0.2) is 0 Å². The normalized spacial score (nSPS) is 11.2. The summed E-state index contributed by atoms with van der Waals surface area (Å²) in [6, 6.07) is 2.07. The molecule has 0 bridgehead atoms. The second-order valence-electron chi connectivity index (χ2n) is 7.79. The Morgan fingerprint density at radius 3 is 2.14 bits per heavy atom. The summed E-state index contributed by atoms with van der Waals surface area (Å²) in [5.74, 6) is -2.28. The van der Waals surface area contributed by atoms with E-state index in [4.69, 9.17) is 15.3 Å². The average molecular weight is 727 g/mol. The van der Waals surface area contributed by atoms with E-state index in [1.165, 1.54) is 5.56 Å². The van der Waals surface area contributed by atoms with Crippen molar-refractivity contribution in [3.05, 3.63) is 45.3 Å². The van der Waals surface area contributed by atoms with E-state index in [9.17, 15) is 39.8 Å². The third-order valence-electron chi connectivity index (χ3n) is 4.28. The van der Waals surface area contributed by atoms with Crippen molar-refractivity contribution in [1.29, 1.82) is 0 Å². The van der Waals surface area contributed by atoms with E-state index in [0.717, 1.165) is 35.8 Å². The molecule has 3 N–H and O–H groups in total. The van der Waals surface area contributed by atoms with Crippen molar-refractivity contribution < 1.29 is 44.2 Å². The van der Waals surface area contributed by atoms with Crippen LogP contribution in [0, 0.1) is 17.0 Å². The van der Waals surface area contributed by atoms with E-state index >= 15 is 0 Å². The Morgan fingerprint density at radius 1 is 1.19 bits per heavy atom. The molecule has 1 aromatic rings. The molecule has 0 fully saturated rings. The van der Waals surface area contributed by atoms with Crippen LogP contribution in [0.4, 0.5) is 0 Å². The van der Waals surface area contributed by atoms with Crippen molar-refractivity contribution in [2.75, 3.05) is 33.4 Å². The summed E-state index contributed by atoms with van der Waals surface area (Å²) in [6.07, 6.45) is -1.90. The molecular formula is C20H29BiN4O10S. The molecule has 0 saturated heterocycles. The number of hydrogen-bond donors (Lipinski definition) is 2. The topological polar surface area (TPSA) is 229 Å². The summed E-state index contributed by atoms with van der Waals surface area (Å²) < 4.78 is 5.83. The van der Waals surface area contributed by atoms with Crippen LogP contribution in [-0.2, 0) is 26.7 Å². The first kappa shape index (κ1) is 35.7. The molecule has 0 atom stereocenters. The molecule has 0 aliphatic carbocycles. The Hall–Kier alpha value is -2.42. The predicted molar refractivity (Wildman–Crippen MR) is 124 cm³/mol. The zero-order chi connectivity index (χ0) is 27.3. The molecule has 0 aliphatic heterocycles. The average Bonchev–Trinajstić information content (AvgIpc) is 3.02. The largest absolute Gasteiger partial charge is 3.00 e. The first-order chi connectivity index (χ1) is 16.1. The van der Waals surface area contributed by atoms with Crippen LogP contribution in [0.5, 0.6) is 0 Å². The third kappa shape index (κ3) is 14.9. The monoisotopic (exact) mass is 726 g/mol. The van der Waals surface area contributed by atoms with Crippen LogP contribution in [0.1, 0.15) is 29.9 Å². The van der Waals surface area contributed by atoms with Gasteiger partial charge in [-0.1, -0.05) is 0 Å². The van der Waals surface area contributed by atoms with E-state index in [2.05, 4.69) is 11.0 Å². The number of carbonyl (C=O) groups excluding carboxylic acids is 3. The van der Waals surface area contributed by atoms with Crippen molar-refractivity contribution in [2.45, 2.75) is 37.7 Å². The summed E-state index contributed by atoms with van der Waals surface area (Å²) in [7, 11) is 5.76. The van der Waals surface area contributed by atoms with Crippen LogP contribution < -0.4 is 21.1 Å². The van der Waals surface area contributed by atoms with Crippen molar-refractivity contribution >= 4 is 55.9 Å². The first-order valence-corrected chi connectivity index (χ1v) is 11.2. The standard InChI is InChI=1S/C14H24N4O3S.C6H8O7.Bi/c1-11-7-12(21-13(11)8-16(2)3)10-22-6-5-17(4)14(15)9-18(19)20;7-3(8)1-6(13,5(11)12)2-4(9)10;/h7,9H,5-6,8,10,15H2,1-4H3;13H,1-2H2,(H,7,8)(H,9,10)(H,11,12);/q;;+3/p-3/b14-9+;;. The van der Waals surface area contributed by atoms with Crippen molar-refractivity contribution in [3.63, 3.8) is 0 Å². The van der Waals surface area contributed by atoms with Gasteiger partial charge in [0.1, 0.15) is 17.1 Å². The second-order valence-corrected chi connectivity index (χ2v) is 8.89. The van der Waals surface area contributed by atoms with Gasteiger partial charge in [0.25, 0.3) is 6.20 Å². The van der Waals surface area contributed by atoms with Crippen LogP contribution in [0.15, 0.2) is 22.5 Å². The Bertz CT molecular complexity index is 906. The van der Waals surface area contributed by atoms with Crippen LogP contribution >= 0.6 is 11.8 Å². The van der Waals surface area contributed by atoms with Crippen LogP contribution in [0.3, 0.4) is 0 Å². The zero-order valence-electron chi connectivity index (χ0n) is 20.3. The molecule has 0 unspecified atom stereocenters. The molecule has 0 spiro atoms. The van der Waals surface area contributed by atoms with Crippen molar-refractivity contribution in [3.8, 4) is 0 Å². The Balaban J connectivity index is 0. The minimum Gasteiger partial charge on any atom is -0.550 e. The van der Waals surface area contributed by atoms with Crippen LogP contribution in [-0.4, -0.2) is 103 Å². The number of thioether (sulfide) groups is 1. The van der Waals surface area contributed by atoms with E-state index in [-0.39, 0.29) is 32.0 Å². The molecule has 0 aromatic carbocycles. The van der Waals surface area contributed by atoms with Gasteiger partial charge in [-0.2, -0.15) is 11.8 Å². The van der Waals surface area contributed by atoms with Gasteiger partial charge in [-0.05, 0) is 32.6 Å². The SMILES string of the molecule is Cc1cc(CSCCN(C)/C(N)=C/[N+](=O)[O-])oc1CN(C)C.O=C([O-])CC(O)(CC(=O)[O-])C(=O)[O-].[Bi+3]. The summed E-state index contributed by atoms with van der Waals surface area (Å²) in [6.45, 7) is 3.49. The maximum absolute atomic E-state index is 10.3. The fourth-order valence-electron chi connectivity index (χ4n) is 2.50. The quantitative estimate of drug-likeness (QED) is 0.0812. The van der Waals surface area contributed by atoms with Gasteiger partial charge in [-0.15, -0.1) is 0 Å². The third-order valence-corrected chi connectivity index (χ3v) is 5.24. The Morgan fingerprint density at radius 2 is 1.72 bits per heavy atom. The molecule has 1 heterocycles. The van der Waals surface area contributed by atoms with Gasteiger partial charge in [0.05, 0.1) is 23.2 Å². The number of nitrogens with two attached hydrogens (primary N) is 1. The minimum absolute atomic E-state index is 0. The molecule has 0 amide bonds. The number of carbonyl (C=O) groups is 3. The molecule has 16 heteroatoms. The molecular weight excluding hydrogens is 697 g/mol. The van der Waals surface area contributed by atoms with Crippen LogP contribution in [0.25, 0.3) is 0 Å². The number of furan rings is 1. The zero-order valence-corrected chi connectivity index (χ0v) is 24.6. The number of carboxylic acids is 3. The smallest absolute Gasteiger partial charge is 0.550 e. The molecule has 0 saturated carbocycles. The van der Waals surface area contributed by atoms with Gasteiger partial charge >= 0.3 is 26.2 Å². The molecule has 200 valence electrons. The Kier molecular flexibility index (Phi) is 17.0. The fourth-order valence-corrected chi connectivity index (χ4v) is 3.39. The number of rotatable bonds is 14. The van der Waals surface area contributed by atoms with E-state index in [1.807, 2.05) is 21.0 Å². The predicted octanol–water partition coefficient (Wildman–Crippen LogP) is -3.78. The summed E-state index contributed by atoms with van der Waals surface area (Å²) in [5.41, 5.74) is 3.79. The summed E-state index contributed by atoms with van der Waals surface area (Å²) >= 11 is 1.71. The van der Waals surface area contributed by atoms with E-state index in [1.54, 1.807) is 23.7 Å². The molecule has 0 aliphatic rings. The molecule has 36 heavy (non-hydrogen) atoms. The second kappa shape index (κ2) is 17.1. The van der Waals surface area contributed by atoms with Gasteiger partial charge in [0, 0.05) is 44.1 Å². The van der Waals surface area contributed by atoms with Gasteiger partial charge in [0.15, 0.2) is 5.82 Å². The fraction of sp³-hybridized carbons (Fsp3) is 0.550. The number of carboxylic acid groups (broad SMARTS) is 3. The Labute approximate surface area is 231 Å². The van der Waals surface area contributed by atoms with E-state index < -0.39 is 41.3 Å². The summed E-state index contributed by atoms with van der Waals surface area (Å²) in [5, 5.41) is 49.3. The van der Waals surface area contributed by atoms with Gasteiger partial charge in [-0.3, -0.25) is 10.1 Å². The number of nitrogens with zero attached hydrogens (tertiary/aromatic N) is 3. The van der Waals surface area contributed by atoms with Gasteiger partial charge < -0.3 is 54.8 Å². The minimum atomic E-state index is -2.97. The van der Waals surface area contributed by atoms with Crippen molar-refractivity contribution in [2.24, 2.45) is 5.73 Å². The molecule has 14 nitrogen and oxygen atoms in total. The van der Waals surface area contributed by atoms with Gasteiger partial charge in [0.2, 0.25) is 0 Å². The first-order valence-electron chi connectivity index (χ1n) is 10.0. The maximum atomic E-state index is 10.3. The summed E-state index contributed by atoms with van der Waals surface area (Å²) in [4.78, 5) is 43.5. The number of nitro groups is 1. The van der Waals surface area contributed by atoms with E-state index in [0.29, 0.717) is 6.54 Å². The molecule has 1 aromatic heterocycles. The molecule has 2 radical (unpaired) electrons. The number of aliphatic carboxylic acids is 3. The number of hydrogen-bond acceptors (Lipinski definition) is 14. The number of aryl methyl sites for hydroxylation is 1. The van der Waals surface area contributed by atoms with Crippen molar-refractivity contribution in [1.82, 2.24) is 9.80 Å².